The zero-order valence-corrected chi connectivity index (χ0v) is 16.6. The molecular formula is C21H31N5O. The molecule has 0 amide bonds. The SMILES string of the molecule is CC(C)c1cc(=O)n(CC2CCN(Cc3cnc4n3CCCC4)CC2)cn1. The Hall–Kier alpha value is -1.95. The molecule has 0 bridgehead atoms. The highest BCUT2D eigenvalue weighted by molar-refractivity contribution is 5.08. The first-order chi connectivity index (χ1) is 13.1. The van der Waals surface area contributed by atoms with Gasteiger partial charge in [0.25, 0.3) is 5.56 Å². The van der Waals surface area contributed by atoms with Gasteiger partial charge in [-0.2, -0.15) is 0 Å². The van der Waals surface area contributed by atoms with E-state index in [1.165, 1.54) is 24.4 Å². The molecule has 2 aromatic rings. The van der Waals surface area contributed by atoms with Crippen LogP contribution >= 0.6 is 0 Å². The van der Waals surface area contributed by atoms with Crippen LogP contribution in [0.5, 0.6) is 0 Å². The van der Waals surface area contributed by atoms with Gasteiger partial charge < -0.3 is 4.57 Å². The van der Waals surface area contributed by atoms with Crippen LogP contribution in [0.25, 0.3) is 0 Å². The van der Waals surface area contributed by atoms with Crippen LogP contribution in [0.4, 0.5) is 0 Å². The largest absolute Gasteiger partial charge is 0.331 e. The van der Waals surface area contributed by atoms with Crippen molar-refractivity contribution >= 4 is 0 Å². The molecule has 6 nitrogen and oxygen atoms in total. The molecule has 2 aliphatic heterocycles. The van der Waals surface area contributed by atoms with Crippen molar-refractivity contribution in [2.24, 2.45) is 5.92 Å². The lowest BCUT2D eigenvalue weighted by Gasteiger charge is -2.32. The van der Waals surface area contributed by atoms with Gasteiger partial charge in [-0.25, -0.2) is 9.97 Å². The first-order valence-corrected chi connectivity index (χ1v) is 10.4. The fraction of sp³-hybridized carbons (Fsp3) is 0.667. The minimum Gasteiger partial charge on any atom is -0.331 e. The van der Waals surface area contributed by atoms with E-state index in [0.29, 0.717) is 11.8 Å². The minimum absolute atomic E-state index is 0.0852. The van der Waals surface area contributed by atoms with Gasteiger partial charge in [-0.1, -0.05) is 13.8 Å². The molecule has 0 saturated carbocycles. The second kappa shape index (κ2) is 7.97. The van der Waals surface area contributed by atoms with Crippen molar-refractivity contribution in [2.45, 2.75) is 71.5 Å². The van der Waals surface area contributed by atoms with Crippen LogP contribution in [0, 0.1) is 5.92 Å². The molecular weight excluding hydrogens is 338 g/mol. The number of aryl methyl sites for hydroxylation is 1. The lowest BCUT2D eigenvalue weighted by Crippen LogP contribution is -2.36. The molecule has 0 aliphatic carbocycles. The van der Waals surface area contributed by atoms with E-state index in [1.54, 1.807) is 17.0 Å². The quantitative estimate of drug-likeness (QED) is 0.813. The summed E-state index contributed by atoms with van der Waals surface area (Å²) in [6.45, 7) is 9.25. The summed E-state index contributed by atoms with van der Waals surface area (Å²) in [5, 5.41) is 0. The number of nitrogens with zero attached hydrogens (tertiary/aromatic N) is 5. The van der Waals surface area contributed by atoms with Crippen LogP contribution in [0.15, 0.2) is 23.4 Å². The fourth-order valence-corrected chi connectivity index (χ4v) is 4.33. The van der Waals surface area contributed by atoms with Crippen molar-refractivity contribution < 1.29 is 0 Å². The molecule has 146 valence electrons. The maximum Gasteiger partial charge on any atom is 0.253 e. The summed E-state index contributed by atoms with van der Waals surface area (Å²) in [6.07, 6.45) is 9.76. The summed E-state index contributed by atoms with van der Waals surface area (Å²) < 4.78 is 4.22. The Bertz CT molecular complexity index is 829. The van der Waals surface area contributed by atoms with Gasteiger partial charge >= 0.3 is 0 Å². The third-order valence-corrected chi connectivity index (χ3v) is 6.09. The Labute approximate surface area is 161 Å². The summed E-state index contributed by atoms with van der Waals surface area (Å²) in [7, 11) is 0. The van der Waals surface area contributed by atoms with Crippen molar-refractivity contribution in [3.05, 3.63) is 46.2 Å². The van der Waals surface area contributed by atoms with Crippen molar-refractivity contribution in [3.8, 4) is 0 Å². The number of rotatable bonds is 5. The number of aromatic nitrogens is 4. The average molecular weight is 370 g/mol. The van der Waals surface area contributed by atoms with Gasteiger partial charge in [-0.3, -0.25) is 14.3 Å². The fourth-order valence-electron chi connectivity index (χ4n) is 4.33. The first kappa shape index (κ1) is 18.4. The highest BCUT2D eigenvalue weighted by Gasteiger charge is 2.22. The normalized spacial score (nSPS) is 18.8. The predicted molar refractivity (Wildman–Crippen MR) is 106 cm³/mol. The van der Waals surface area contributed by atoms with Crippen molar-refractivity contribution in [2.75, 3.05) is 13.1 Å². The smallest absolute Gasteiger partial charge is 0.253 e. The second-order valence-electron chi connectivity index (χ2n) is 8.45. The van der Waals surface area contributed by atoms with E-state index in [1.807, 2.05) is 0 Å². The monoisotopic (exact) mass is 369 g/mol. The zero-order valence-electron chi connectivity index (χ0n) is 16.6. The Morgan fingerprint density at radius 3 is 2.70 bits per heavy atom. The lowest BCUT2D eigenvalue weighted by molar-refractivity contribution is 0.162. The molecule has 1 fully saturated rings. The van der Waals surface area contributed by atoms with Crippen molar-refractivity contribution in [1.29, 1.82) is 0 Å². The second-order valence-corrected chi connectivity index (χ2v) is 8.45. The lowest BCUT2D eigenvalue weighted by atomic mass is 9.96. The van der Waals surface area contributed by atoms with Crippen LogP contribution in [0.1, 0.15) is 62.7 Å². The Kier molecular flexibility index (Phi) is 5.43. The first-order valence-electron chi connectivity index (χ1n) is 10.4. The van der Waals surface area contributed by atoms with Crippen LogP contribution in [-0.4, -0.2) is 37.1 Å². The van der Waals surface area contributed by atoms with Gasteiger partial charge in [-0.05, 0) is 50.6 Å². The maximum absolute atomic E-state index is 12.3. The number of likely N-dealkylation sites (tertiary alicyclic amines) is 1. The number of piperidine rings is 1. The van der Waals surface area contributed by atoms with Gasteiger partial charge in [0, 0.05) is 38.3 Å². The molecule has 4 heterocycles. The molecule has 0 atom stereocenters. The average Bonchev–Trinajstić information content (AvgIpc) is 3.08. The van der Waals surface area contributed by atoms with Gasteiger partial charge in [-0.15, -0.1) is 0 Å². The van der Waals surface area contributed by atoms with E-state index in [4.69, 9.17) is 0 Å². The van der Waals surface area contributed by atoms with Crippen LogP contribution in [0.2, 0.25) is 0 Å². The zero-order chi connectivity index (χ0) is 18.8. The third-order valence-electron chi connectivity index (χ3n) is 6.09. The summed E-state index contributed by atoms with van der Waals surface area (Å²) in [5.41, 5.74) is 2.34. The van der Waals surface area contributed by atoms with Crippen LogP contribution in [-0.2, 0) is 26.1 Å². The molecule has 2 aliphatic rings. The van der Waals surface area contributed by atoms with Crippen molar-refractivity contribution in [3.63, 3.8) is 0 Å². The van der Waals surface area contributed by atoms with Crippen LogP contribution in [0.3, 0.4) is 0 Å². The molecule has 0 spiro atoms. The van der Waals surface area contributed by atoms with E-state index >= 15 is 0 Å². The summed E-state index contributed by atoms with van der Waals surface area (Å²) in [6, 6.07) is 1.70. The molecule has 0 N–H and O–H groups in total. The summed E-state index contributed by atoms with van der Waals surface area (Å²) in [4.78, 5) is 23.9. The maximum atomic E-state index is 12.3. The van der Waals surface area contributed by atoms with Gasteiger partial charge in [0.05, 0.1) is 17.7 Å². The molecule has 0 radical (unpaired) electrons. The Balaban J connectivity index is 1.32. The van der Waals surface area contributed by atoms with Gasteiger partial charge in [0.15, 0.2) is 0 Å². The van der Waals surface area contributed by atoms with Gasteiger partial charge in [0.1, 0.15) is 5.82 Å². The van der Waals surface area contributed by atoms with E-state index in [9.17, 15) is 4.79 Å². The number of hydrogen-bond donors (Lipinski definition) is 0. The van der Waals surface area contributed by atoms with Crippen LogP contribution < -0.4 is 5.56 Å². The summed E-state index contributed by atoms with van der Waals surface area (Å²) >= 11 is 0. The molecule has 2 aromatic heterocycles. The standard InChI is InChI=1S/C21H31N5O/c1-16(2)19-11-21(27)25(15-23-19)13-17-6-9-24(10-7-17)14-18-12-22-20-5-3-4-8-26(18)20/h11-12,15-17H,3-10,13-14H2,1-2H3. The minimum atomic E-state index is 0.0852. The van der Waals surface area contributed by atoms with Crippen molar-refractivity contribution in [1.82, 2.24) is 24.0 Å². The third kappa shape index (κ3) is 4.15. The number of fused-ring (bicyclic) bond motifs is 1. The molecule has 0 aromatic carbocycles. The van der Waals surface area contributed by atoms with E-state index in [-0.39, 0.29) is 5.56 Å². The molecule has 1 saturated heterocycles. The topological polar surface area (TPSA) is 56.0 Å². The summed E-state index contributed by atoms with van der Waals surface area (Å²) in [5.74, 6) is 2.12. The highest BCUT2D eigenvalue weighted by Crippen LogP contribution is 2.22. The molecule has 27 heavy (non-hydrogen) atoms. The molecule has 6 heteroatoms. The van der Waals surface area contributed by atoms with E-state index in [2.05, 4.69) is 39.5 Å². The van der Waals surface area contributed by atoms with E-state index in [0.717, 1.165) is 57.7 Å². The molecule has 0 unspecified atom stereocenters. The highest BCUT2D eigenvalue weighted by atomic mass is 16.1. The Morgan fingerprint density at radius 2 is 1.96 bits per heavy atom. The van der Waals surface area contributed by atoms with E-state index < -0.39 is 0 Å². The Morgan fingerprint density at radius 1 is 1.15 bits per heavy atom. The number of hydrogen-bond acceptors (Lipinski definition) is 4. The van der Waals surface area contributed by atoms with Gasteiger partial charge in [0.2, 0.25) is 0 Å². The number of imidazole rings is 1. The molecule has 4 rings (SSSR count). The predicted octanol–water partition coefficient (Wildman–Crippen LogP) is 2.81.